The molecule has 0 bridgehead atoms. The van der Waals surface area contributed by atoms with E-state index in [0.29, 0.717) is 5.58 Å². The Balaban J connectivity index is 0.000000198. The van der Waals surface area contributed by atoms with Crippen LogP contribution in [0.1, 0.15) is 0 Å². The molecule has 0 unspecified atom stereocenters. The Labute approximate surface area is 153 Å². The van der Waals surface area contributed by atoms with Gasteiger partial charge in [-0.25, -0.2) is 26.7 Å². The Morgan fingerprint density at radius 1 is 0.852 bits per heavy atom. The summed E-state index contributed by atoms with van der Waals surface area (Å²) < 4.78 is 96.2. The molecule has 1 aromatic heterocycles. The molecule has 27 heavy (non-hydrogen) atoms. The summed E-state index contributed by atoms with van der Waals surface area (Å²) >= 11 is 4.13. The first kappa shape index (κ1) is 20.9. The fourth-order valence-corrected chi connectivity index (χ4v) is 2.68. The van der Waals surface area contributed by atoms with Crippen molar-refractivity contribution in [2.24, 2.45) is 0 Å². The van der Waals surface area contributed by atoms with Crippen LogP contribution in [0.5, 0.6) is 0 Å². The van der Waals surface area contributed by atoms with Gasteiger partial charge in [-0.15, -0.1) is 12.6 Å². The molecule has 0 atom stereocenters. The summed E-state index contributed by atoms with van der Waals surface area (Å²) in [6.07, 6.45) is 0. The molecule has 0 aliphatic carbocycles. The van der Waals surface area contributed by atoms with Crippen molar-refractivity contribution in [1.29, 1.82) is 0 Å². The Bertz CT molecular complexity index is 1160. The normalized spacial score (nSPS) is 11.2. The summed E-state index contributed by atoms with van der Waals surface area (Å²) in [5.74, 6) is -12.6. The highest BCUT2D eigenvalue weighted by molar-refractivity contribution is 7.85. The molecule has 2 aromatic carbocycles. The van der Waals surface area contributed by atoms with Crippen LogP contribution < -0.4 is 5.63 Å². The molecule has 1 N–H and O–H groups in total. The Kier molecular flexibility index (Phi) is 5.92. The van der Waals surface area contributed by atoms with Crippen LogP contribution in [0, 0.1) is 29.1 Å². The number of hydrogen-bond donors (Lipinski definition) is 2. The third kappa shape index (κ3) is 4.46. The molecule has 3 rings (SSSR count). The summed E-state index contributed by atoms with van der Waals surface area (Å²) in [6, 6.07) is 8.57. The fraction of sp³-hybridized carbons (Fsp3) is 0. The van der Waals surface area contributed by atoms with E-state index in [9.17, 15) is 35.2 Å². The van der Waals surface area contributed by atoms with Crippen LogP contribution in [0.4, 0.5) is 22.0 Å². The van der Waals surface area contributed by atoms with E-state index in [1.165, 1.54) is 6.07 Å². The highest BCUT2D eigenvalue weighted by atomic mass is 32.2. The van der Waals surface area contributed by atoms with E-state index in [1.807, 2.05) is 12.1 Å². The van der Waals surface area contributed by atoms with E-state index in [1.54, 1.807) is 12.1 Å². The van der Waals surface area contributed by atoms with Gasteiger partial charge < -0.3 is 4.42 Å². The van der Waals surface area contributed by atoms with Gasteiger partial charge in [0.15, 0.2) is 28.2 Å². The van der Waals surface area contributed by atoms with E-state index in [4.69, 9.17) is 8.97 Å². The lowest BCUT2D eigenvalue weighted by molar-refractivity contribution is 0.352. The van der Waals surface area contributed by atoms with Gasteiger partial charge in [0.2, 0.25) is 5.82 Å². The third-order valence-corrected chi connectivity index (χ3v) is 4.19. The number of hydrogen-bond acceptors (Lipinski definition) is 5. The highest BCUT2D eigenvalue weighted by Gasteiger charge is 2.32. The van der Waals surface area contributed by atoms with Crippen LogP contribution in [-0.2, 0) is 10.1 Å². The molecule has 12 heteroatoms. The number of rotatable bonds is 1. The summed E-state index contributed by atoms with van der Waals surface area (Å²) in [4.78, 5) is 9.33. The van der Waals surface area contributed by atoms with Crippen LogP contribution in [0.2, 0.25) is 0 Å². The molecule has 0 amide bonds. The molecule has 0 aliphatic rings. The van der Waals surface area contributed by atoms with E-state index in [0.717, 1.165) is 10.3 Å². The number of fused-ring (bicyclic) bond motifs is 1. The standard InChI is InChI=1S/C9H6O2S.C6HF5O3S/c10-9-4-2-6-1-3-7(12)5-8(6)11-9;7-1-2(8)4(10)6(15(12,13)14)5(11)3(1)9/h1-5,12H;(H,12,13,14). The second kappa shape index (κ2) is 7.66. The van der Waals surface area contributed by atoms with Crippen molar-refractivity contribution < 1.29 is 39.3 Å². The monoisotopic (exact) mass is 426 g/mol. The predicted molar refractivity (Wildman–Crippen MR) is 85.8 cm³/mol. The molecule has 144 valence electrons. The van der Waals surface area contributed by atoms with Gasteiger partial charge in [-0.1, -0.05) is 6.07 Å². The van der Waals surface area contributed by atoms with Crippen molar-refractivity contribution in [1.82, 2.24) is 0 Å². The quantitative estimate of drug-likeness (QED) is 0.155. The zero-order chi connectivity index (χ0) is 20.5. The largest absolute Gasteiger partial charge is 0.423 e. The van der Waals surface area contributed by atoms with Crippen molar-refractivity contribution in [2.45, 2.75) is 9.79 Å². The van der Waals surface area contributed by atoms with Crippen molar-refractivity contribution in [3.63, 3.8) is 0 Å². The van der Waals surface area contributed by atoms with Gasteiger partial charge >= 0.3 is 15.7 Å². The van der Waals surface area contributed by atoms with Gasteiger partial charge in [-0.05, 0) is 18.2 Å². The molecule has 0 saturated heterocycles. The van der Waals surface area contributed by atoms with Crippen molar-refractivity contribution in [2.75, 3.05) is 0 Å². The van der Waals surface area contributed by atoms with Gasteiger partial charge in [-0.3, -0.25) is 4.55 Å². The van der Waals surface area contributed by atoms with E-state index in [-0.39, 0.29) is 5.63 Å². The van der Waals surface area contributed by atoms with Gasteiger partial charge in [0.05, 0.1) is 0 Å². The van der Waals surface area contributed by atoms with Crippen molar-refractivity contribution in [3.05, 3.63) is 69.8 Å². The highest BCUT2D eigenvalue weighted by Crippen LogP contribution is 2.26. The van der Waals surface area contributed by atoms with Crippen LogP contribution >= 0.6 is 12.6 Å². The molecule has 0 radical (unpaired) electrons. The molecule has 1 heterocycles. The average Bonchev–Trinajstić information content (AvgIpc) is 2.57. The molecule has 3 aromatic rings. The number of benzene rings is 2. The molecule has 0 fully saturated rings. The smallest absolute Gasteiger partial charge is 0.336 e. The fourth-order valence-electron chi connectivity index (χ4n) is 1.86. The van der Waals surface area contributed by atoms with Crippen LogP contribution in [0.3, 0.4) is 0 Å². The molecular formula is C15H7F5O5S2. The molecule has 5 nitrogen and oxygen atoms in total. The molecule has 0 aliphatic heterocycles. The first-order chi connectivity index (χ1) is 12.4. The minimum atomic E-state index is -5.52. The Hall–Kier alpha value is -2.44. The second-order valence-electron chi connectivity index (χ2n) is 4.85. The number of thiol groups is 1. The lowest BCUT2D eigenvalue weighted by atomic mass is 10.2. The summed E-state index contributed by atoms with van der Waals surface area (Å²) in [6.45, 7) is 0. The van der Waals surface area contributed by atoms with Gasteiger partial charge in [0.25, 0.3) is 0 Å². The minimum absolute atomic E-state index is 0.332. The average molecular weight is 426 g/mol. The lowest BCUT2D eigenvalue weighted by Crippen LogP contribution is -2.11. The molecular weight excluding hydrogens is 419 g/mol. The number of halogens is 5. The maximum atomic E-state index is 12.6. The third-order valence-electron chi connectivity index (χ3n) is 3.03. The first-order valence-electron chi connectivity index (χ1n) is 6.65. The second-order valence-corrected chi connectivity index (χ2v) is 6.73. The van der Waals surface area contributed by atoms with Crippen LogP contribution in [0.25, 0.3) is 11.0 Å². The first-order valence-corrected chi connectivity index (χ1v) is 8.54. The summed E-state index contributed by atoms with van der Waals surface area (Å²) in [5, 5.41) is 0.910. The zero-order valence-electron chi connectivity index (χ0n) is 12.7. The van der Waals surface area contributed by atoms with Gasteiger partial charge in [0, 0.05) is 16.3 Å². The topological polar surface area (TPSA) is 84.6 Å². The Morgan fingerprint density at radius 3 is 1.85 bits per heavy atom. The summed E-state index contributed by atoms with van der Waals surface area (Å²) in [5.41, 5.74) is 0.247. The molecule has 0 spiro atoms. The van der Waals surface area contributed by atoms with Crippen molar-refractivity contribution >= 4 is 33.7 Å². The minimum Gasteiger partial charge on any atom is -0.423 e. The summed E-state index contributed by atoms with van der Waals surface area (Å²) in [7, 11) is -5.52. The van der Waals surface area contributed by atoms with Crippen molar-refractivity contribution in [3.8, 4) is 0 Å². The van der Waals surface area contributed by atoms with Crippen LogP contribution in [0.15, 0.2) is 49.3 Å². The Morgan fingerprint density at radius 2 is 1.33 bits per heavy atom. The predicted octanol–water partition coefficient (Wildman–Crippen LogP) is 3.71. The van der Waals surface area contributed by atoms with E-state index >= 15 is 0 Å². The lowest BCUT2D eigenvalue weighted by Gasteiger charge is -2.04. The molecule has 0 saturated carbocycles. The van der Waals surface area contributed by atoms with E-state index < -0.39 is 44.1 Å². The van der Waals surface area contributed by atoms with E-state index in [2.05, 4.69) is 12.6 Å². The maximum absolute atomic E-state index is 12.6. The zero-order valence-corrected chi connectivity index (χ0v) is 14.4. The van der Waals surface area contributed by atoms with Gasteiger partial charge in [0.1, 0.15) is 5.58 Å². The van der Waals surface area contributed by atoms with Gasteiger partial charge in [-0.2, -0.15) is 8.42 Å². The SMILES string of the molecule is O=S(=O)(O)c1c(F)c(F)c(F)c(F)c1F.O=c1ccc2ccc(S)cc2o1. The maximum Gasteiger partial charge on any atom is 0.336 e. The van der Waals surface area contributed by atoms with Crippen LogP contribution in [-0.4, -0.2) is 13.0 Å².